The maximum Gasteiger partial charge on any atom is 0.306 e. The minimum absolute atomic E-state index is 0.0854. The van der Waals surface area contributed by atoms with Gasteiger partial charge in [-0.15, -0.1) is 0 Å². The van der Waals surface area contributed by atoms with Gasteiger partial charge in [0, 0.05) is 19.3 Å². The Morgan fingerprint density at radius 1 is 0.290 bits per heavy atom. The smallest absolute Gasteiger partial charge is 0.306 e. The van der Waals surface area contributed by atoms with Gasteiger partial charge in [0.2, 0.25) is 0 Å². The Morgan fingerprint density at radius 3 is 0.841 bits per heavy atom. The van der Waals surface area contributed by atoms with E-state index in [-0.39, 0.29) is 31.1 Å². The van der Waals surface area contributed by atoms with Gasteiger partial charge in [-0.2, -0.15) is 0 Å². The van der Waals surface area contributed by atoms with E-state index in [9.17, 15) is 14.4 Å². The molecule has 0 spiro atoms. The van der Waals surface area contributed by atoms with Gasteiger partial charge in [-0.1, -0.05) is 255 Å². The number of unbranched alkanes of at least 4 members (excludes halogenated alkanes) is 33. The topological polar surface area (TPSA) is 78.9 Å². The first-order valence-corrected chi connectivity index (χ1v) is 29.8. The molecule has 0 aliphatic carbocycles. The molecule has 0 aromatic carbocycles. The van der Waals surface area contributed by atoms with E-state index >= 15 is 0 Å². The summed E-state index contributed by atoms with van der Waals surface area (Å²) in [4.78, 5) is 38.2. The van der Waals surface area contributed by atoms with Gasteiger partial charge >= 0.3 is 17.9 Å². The molecule has 1 atom stereocenters. The molecule has 0 aromatic rings. The molecule has 0 heterocycles. The number of allylic oxidation sites excluding steroid dienone is 10. The molecule has 0 fully saturated rings. The number of hydrogen-bond donors (Lipinski definition) is 0. The summed E-state index contributed by atoms with van der Waals surface area (Å²) < 4.78 is 16.9. The molecule has 69 heavy (non-hydrogen) atoms. The second-order valence-electron chi connectivity index (χ2n) is 19.9. The lowest BCUT2D eigenvalue weighted by Crippen LogP contribution is -2.30. The van der Waals surface area contributed by atoms with Crippen molar-refractivity contribution < 1.29 is 28.6 Å². The van der Waals surface area contributed by atoms with Gasteiger partial charge in [0.05, 0.1) is 0 Å². The SMILES string of the molecule is CCCCC/C=C\C/C=C\C/C=C\CCCCCCC(=O)O[C@H](COC(=O)CCCCCCC/C=C\C/C=C\CCCCC)COC(=O)CCCCCCCCCCCCCCCCCCCCC. The molecule has 0 N–H and O–H groups in total. The maximum absolute atomic E-state index is 12.9. The fraction of sp³-hybridized carbons (Fsp3) is 0.794. The molecular weight excluding hydrogens is 853 g/mol. The summed E-state index contributed by atoms with van der Waals surface area (Å²) in [5.74, 6) is -0.908. The molecule has 0 radical (unpaired) electrons. The highest BCUT2D eigenvalue weighted by Gasteiger charge is 2.19. The predicted molar refractivity (Wildman–Crippen MR) is 298 cm³/mol. The molecule has 0 amide bonds. The lowest BCUT2D eigenvalue weighted by molar-refractivity contribution is -0.167. The Labute approximate surface area is 428 Å². The Balaban J connectivity index is 4.40. The van der Waals surface area contributed by atoms with E-state index in [0.717, 1.165) is 103 Å². The number of hydrogen-bond acceptors (Lipinski definition) is 6. The molecule has 0 rings (SSSR count). The van der Waals surface area contributed by atoms with Crippen LogP contribution in [0.25, 0.3) is 0 Å². The van der Waals surface area contributed by atoms with Gasteiger partial charge in [-0.25, -0.2) is 0 Å². The molecular formula is C63H112O6. The molecule has 400 valence electrons. The molecule has 0 saturated heterocycles. The fourth-order valence-corrected chi connectivity index (χ4v) is 8.48. The second-order valence-corrected chi connectivity index (χ2v) is 19.9. The third-order valence-corrected chi connectivity index (χ3v) is 13.0. The summed E-state index contributed by atoms with van der Waals surface area (Å²) in [5, 5.41) is 0. The average Bonchev–Trinajstić information content (AvgIpc) is 3.35. The summed E-state index contributed by atoms with van der Waals surface area (Å²) in [5.41, 5.74) is 0. The van der Waals surface area contributed by atoms with Crippen LogP contribution in [0.3, 0.4) is 0 Å². The zero-order valence-corrected chi connectivity index (χ0v) is 45.8. The Kier molecular flexibility index (Phi) is 55.3. The third kappa shape index (κ3) is 55.9. The number of rotatable bonds is 54. The van der Waals surface area contributed by atoms with Crippen molar-refractivity contribution in [3.63, 3.8) is 0 Å². The standard InChI is InChI=1S/C63H112O6/c1-4-7-10-13-16-19-22-25-28-30-31-33-35-38-41-44-47-50-53-56-62(65)68-59-60(58-67-61(64)55-52-49-46-43-40-37-34-27-24-21-18-15-12-9-6-3)69-63(66)57-54-51-48-45-42-39-36-32-29-26-23-20-17-14-11-8-5-2/h17-18,20-21,26-27,29,34,36,39,60H,4-16,19,22-25,28,30-33,35,37-38,40-59H2,1-3H3/b20-17-,21-18-,29-26-,34-27-,39-36-/t60-/m1/s1. The van der Waals surface area contributed by atoms with Crippen LogP contribution in [0.1, 0.15) is 303 Å². The van der Waals surface area contributed by atoms with Crippen molar-refractivity contribution in [2.75, 3.05) is 13.2 Å². The summed E-state index contributed by atoms with van der Waals surface area (Å²) in [7, 11) is 0. The Morgan fingerprint density at radius 2 is 0.522 bits per heavy atom. The van der Waals surface area contributed by atoms with Crippen LogP contribution in [0, 0.1) is 0 Å². The highest BCUT2D eigenvalue weighted by molar-refractivity contribution is 5.71. The largest absolute Gasteiger partial charge is 0.462 e. The summed E-state index contributed by atoms with van der Waals surface area (Å²) in [6.45, 7) is 6.59. The van der Waals surface area contributed by atoms with Crippen LogP contribution in [-0.4, -0.2) is 37.2 Å². The molecule has 0 aromatic heterocycles. The van der Waals surface area contributed by atoms with E-state index in [1.54, 1.807) is 0 Å². The highest BCUT2D eigenvalue weighted by Crippen LogP contribution is 2.16. The van der Waals surface area contributed by atoms with Crippen molar-refractivity contribution in [3.8, 4) is 0 Å². The number of carbonyl (C=O) groups is 3. The van der Waals surface area contributed by atoms with Gasteiger partial charge in [-0.05, 0) is 89.9 Å². The summed E-state index contributed by atoms with van der Waals surface area (Å²) in [6.07, 6.45) is 72.1. The van der Waals surface area contributed by atoms with Crippen molar-refractivity contribution in [2.45, 2.75) is 309 Å². The van der Waals surface area contributed by atoms with Crippen LogP contribution in [0.4, 0.5) is 0 Å². The summed E-state index contributed by atoms with van der Waals surface area (Å²) >= 11 is 0. The molecule has 0 unspecified atom stereocenters. The number of carbonyl (C=O) groups excluding carboxylic acids is 3. The highest BCUT2D eigenvalue weighted by atomic mass is 16.6. The minimum atomic E-state index is -0.791. The van der Waals surface area contributed by atoms with E-state index in [1.165, 1.54) is 161 Å². The average molecular weight is 966 g/mol. The lowest BCUT2D eigenvalue weighted by Gasteiger charge is -2.18. The van der Waals surface area contributed by atoms with Crippen LogP contribution in [-0.2, 0) is 28.6 Å². The maximum atomic E-state index is 12.9. The van der Waals surface area contributed by atoms with E-state index < -0.39 is 6.10 Å². The zero-order chi connectivity index (χ0) is 50.0. The molecule has 0 aliphatic heterocycles. The molecule has 0 aliphatic rings. The number of ether oxygens (including phenoxy) is 3. The second kappa shape index (κ2) is 57.7. The van der Waals surface area contributed by atoms with Crippen LogP contribution in [0.2, 0.25) is 0 Å². The predicted octanol–water partition coefficient (Wildman–Crippen LogP) is 20.0. The van der Waals surface area contributed by atoms with Crippen LogP contribution >= 0.6 is 0 Å². The monoisotopic (exact) mass is 965 g/mol. The van der Waals surface area contributed by atoms with Crippen molar-refractivity contribution in [1.82, 2.24) is 0 Å². The van der Waals surface area contributed by atoms with Crippen LogP contribution in [0.15, 0.2) is 60.8 Å². The zero-order valence-electron chi connectivity index (χ0n) is 45.8. The van der Waals surface area contributed by atoms with E-state index in [4.69, 9.17) is 14.2 Å². The van der Waals surface area contributed by atoms with E-state index in [1.807, 2.05) is 0 Å². The quantitative estimate of drug-likeness (QED) is 0.0262. The number of esters is 3. The van der Waals surface area contributed by atoms with E-state index in [2.05, 4.69) is 81.5 Å². The van der Waals surface area contributed by atoms with Crippen molar-refractivity contribution in [1.29, 1.82) is 0 Å². The normalized spacial score (nSPS) is 12.4. The first-order valence-electron chi connectivity index (χ1n) is 29.8. The molecule has 6 heteroatoms. The fourth-order valence-electron chi connectivity index (χ4n) is 8.48. The Hall–Kier alpha value is -2.89. The van der Waals surface area contributed by atoms with Crippen molar-refractivity contribution in [3.05, 3.63) is 60.8 Å². The van der Waals surface area contributed by atoms with Crippen molar-refractivity contribution in [2.24, 2.45) is 0 Å². The van der Waals surface area contributed by atoms with E-state index in [0.29, 0.717) is 19.3 Å². The van der Waals surface area contributed by atoms with Gasteiger partial charge in [-0.3, -0.25) is 14.4 Å². The van der Waals surface area contributed by atoms with Crippen LogP contribution in [0.5, 0.6) is 0 Å². The van der Waals surface area contributed by atoms with Gasteiger partial charge in [0.25, 0.3) is 0 Å². The molecule has 0 saturated carbocycles. The van der Waals surface area contributed by atoms with Gasteiger partial charge in [0.1, 0.15) is 13.2 Å². The molecule has 0 bridgehead atoms. The first-order chi connectivity index (χ1) is 34.0. The van der Waals surface area contributed by atoms with Gasteiger partial charge in [0.15, 0.2) is 6.10 Å². The third-order valence-electron chi connectivity index (χ3n) is 13.0. The lowest BCUT2D eigenvalue weighted by atomic mass is 10.0. The van der Waals surface area contributed by atoms with Crippen LogP contribution < -0.4 is 0 Å². The van der Waals surface area contributed by atoms with Crippen molar-refractivity contribution >= 4 is 17.9 Å². The molecule has 6 nitrogen and oxygen atoms in total. The summed E-state index contributed by atoms with van der Waals surface area (Å²) in [6, 6.07) is 0. The Bertz CT molecular complexity index is 1250. The first kappa shape index (κ1) is 66.1. The minimum Gasteiger partial charge on any atom is -0.462 e. The van der Waals surface area contributed by atoms with Gasteiger partial charge < -0.3 is 14.2 Å².